The van der Waals surface area contributed by atoms with Crippen molar-refractivity contribution in [2.45, 2.75) is 32.3 Å². The van der Waals surface area contributed by atoms with Gasteiger partial charge in [0.2, 0.25) is 0 Å². The average Bonchev–Trinajstić information content (AvgIpc) is 2.71. The molecule has 0 radical (unpaired) electrons. The third kappa shape index (κ3) is 7.15. The molecule has 0 spiro atoms. The predicted molar refractivity (Wildman–Crippen MR) is 115 cm³/mol. The van der Waals surface area contributed by atoms with Gasteiger partial charge in [-0.1, -0.05) is 32.9 Å². The van der Waals surface area contributed by atoms with Crippen LogP contribution in [0.5, 0.6) is 23.0 Å². The Morgan fingerprint density at radius 1 is 0.931 bits per heavy atom. The molecule has 0 saturated carbocycles. The van der Waals surface area contributed by atoms with Gasteiger partial charge in [-0.15, -0.1) is 0 Å². The molecule has 6 nitrogen and oxygen atoms in total. The molecule has 0 heterocycles. The summed E-state index contributed by atoms with van der Waals surface area (Å²) in [5, 5.41) is 13.4. The normalized spacial score (nSPS) is 12.3. The second-order valence-electron chi connectivity index (χ2n) is 7.78. The molecule has 1 atom stereocenters. The molecule has 6 heteroatoms. The molecule has 0 amide bonds. The quantitative estimate of drug-likeness (QED) is 0.561. The molecule has 0 fully saturated rings. The van der Waals surface area contributed by atoms with E-state index in [0.717, 1.165) is 17.1 Å². The Balaban J connectivity index is 1.75. The Kier molecular flexibility index (Phi) is 8.61. The van der Waals surface area contributed by atoms with E-state index in [0.29, 0.717) is 31.2 Å². The van der Waals surface area contributed by atoms with Crippen molar-refractivity contribution in [2.24, 2.45) is 0 Å². The van der Waals surface area contributed by atoms with Crippen LogP contribution in [-0.2, 0) is 5.41 Å². The fourth-order valence-corrected chi connectivity index (χ4v) is 2.83. The van der Waals surface area contributed by atoms with E-state index in [1.54, 1.807) is 14.2 Å². The first-order valence-electron chi connectivity index (χ1n) is 9.81. The minimum atomic E-state index is -0.629. The summed E-state index contributed by atoms with van der Waals surface area (Å²) in [5.41, 5.74) is 0.949. The highest BCUT2D eigenvalue weighted by atomic mass is 16.5. The number of ether oxygens (including phenoxy) is 4. The Morgan fingerprint density at radius 2 is 1.66 bits per heavy atom. The maximum Gasteiger partial charge on any atom is 0.161 e. The van der Waals surface area contributed by atoms with Crippen molar-refractivity contribution in [2.75, 3.05) is 40.5 Å². The van der Waals surface area contributed by atoms with Gasteiger partial charge in [-0.3, -0.25) is 0 Å². The molecule has 0 saturated heterocycles. The van der Waals surface area contributed by atoms with Crippen molar-refractivity contribution in [1.82, 2.24) is 5.32 Å². The van der Waals surface area contributed by atoms with Gasteiger partial charge >= 0.3 is 0 Å². The monoisotopic (exact) mass is 403 g/mol. The van der Waals surface area contributed by atoms with E-state index < -0.39 is 6.10 Å². The Labute approximate surface area is 173 Å². The zero-order chi connectivity index (χ0) is 21.3. The third-order valence-corrected chi connectivity index (χ3v) is 4.41. The number of nitrogens with one attached hydrogen (secondary N) is 1. The van der Waals surface area contributed by atoms with Crippen molar-refractivity contribution in [3.8, 4) is 23.0 Å². The van der Waals surface area contributed by atoms with Crippen molar-refractivity contribution < 1.29 is 24.1 Å². The van der Waals surface area contributed by atoms with Crippen molar-refractivity contribution in [3.63, 3.8) is 0 Å². The zero-order valence-electron chi connectivity index (χ0n) is 18.0. The van der Waals surface area contributed by atoms with E-state index in [4.69, 9.17) is 18.9 Å². The lowest BCUT2D eigenvalue weighted by atomic mass is 9.86. The molecule has 2 aromatic rings. The van der Waals surface area contributed by atoms with Crippen molar-refractivity contribution in [3.05, 3.63) is 48.0 Å². The first kappa shape index (κ1) is 22.8. The SMILES string of the molecule is COc1ccc(OC[C@@H](O)CNCCOc2ccccc2OC)c(C(C)(C)C)c1. The van der Waals surface area contributed by atoms with Gasteiger partial charge in [0.05, 0.1) is 14.2 Å². The molecule has 160 valence electrons. The molecule has 2 N–H and O–H groups in total. The molecular weight excluding hydrogens is 370 g/mol. The van der Waals surface area contributed by atoms with E-state index in [2.05, 4.69) is 26.1 Å². The summed E-state index contributed by atoms with van der Waals surface area (Å²) in [6.07, 6.45) is -0.629. The van der Waals surface area contributed by atoms with E-state index in [-0.39, 0.29) is 12.0 Å². The standard InChI is InChI=1S/C23H33NO5/c1-23(2,3)19-14-18(26-4)10-11-20(19)29-16-17(25)15-24-12-13-28-22-9-7-6-8-21(22)27-5/h6-11,14,17,24-25H,12-13,15-16H2,1-5H3/t17-/m0/s1. The highest BCUT2D eigenvalue weighted by Crippen LogP contribution is 2.34. The zero-order valence-corrected chi connectivity index (χ0v) is 18.0. The Bertz CT molecular complexity index is 757. The lowest BCUT2D eigenvalue weighted by Crippen LogP contribution is -2.34. The fraction of sp³-hybridized carbons (Fsp3) is 0.478. The van der Waals surface area contributed by atoms with Crippen LogP contribution in [0.25, 0.3) is 0 Å². The predicted octanol–water partition coefficient (Wildman–Crippen LogP) is 3.41. The van der Waals surface area contributed by atoms with Crippen LogP contribution in [0.4, 0.5) is 0 Å². The van der Waals surface area contributed by atoms with Crippen LogP contribution in [0.3, 0.4) is 0 Å². The summed E-state index contributed by atoms with van der Waals surface area (Å²) in [7, 11) is 3.26. The second-order valence-corrected chi connectivity index (χ2v) is 7.78. The summed E-state index contributed by atoms with van der Waals surface area (Å²) in [6, 6.07) is 13.3. The summed E-state index contributed by atoms with van der Waals surface area (Å²) >= 11 is 0. The molecule has 0 aliphatic rings. The molecule has 0 bridgehead atoms. The Morgan fingerprint density at radius 3 is 2.31 bits per heavy atom. The van der Waals surface area contributed by atoms with Gasteiger partial charge in [-0.2, -0.15) is 0 Å². The second kappa shape index (κ2) is 10.9. The Hall–Kier alpha value is -2.44. The summed E-state index contributed by atoms with van der Waals surface area (Å²) in [6.45, 7) is 8.05. The number of hydrogen-bond acceptors (Lipinski definition) is 6. The van der Waals surface area contributed by atoms with Gasteiger partial charge in [0.1, 0.15) is 30.8 Å². The molecule has 0 aliphatic heterocycles. The van der Waals surface area contributed by atoms with Crippen LogP contribution in [0.1, 0.15) is 26.3 Å². The maximum atomic E-state index is 10.2. The summed E-state index contributed by atoms with van der Waals surface area (Å²) in [5.74, 6) is 2.96. The van der Waals surface area contributed by atoms with Gasteiger partial charge < -0.3 is 29.4 Å². The van der Waals surface area contributed by atoms with E-state index in [1.165, 1.54) is 0 Å². The van der Waals surface area contributed by atoms with E-state index >= 15 is 0 Å². The fourth-order valence-electron chi connectivity index (χ4n) is 2.83. The lowest BCUT2D eigenvalue weighted by Gasteiger charge is -2.24. The first-order chi connectivity index (χ1) is 13.8. The molecule has 2 rings (SSSR count). The molecular formula is C23H33NO5. The van der Waals surface area contributed by atoms with Gasteiger partial charge in [-0.05, 0) is 35.7 Å². The van der Waals surface area contributed by atoms with Gasteiger partial charge in [0.25, 0.3) is 0 Å². The maximum absolute atomic E-state index is 10.2. The van der Waals surface area contributed by atoms with Crippen LogP contribution in [0, 0.1) is 0 Å². The third-order valence-electron chi connectivity index (χ3n) is 4.41. The average molecular weight is 404 g/mol. The van der Waals surface area contributed by atoms with Crippen LogP contribution in [0.15, 0.2) is 42.5 Å². The number of benzene rings is 2. The molecule has 0 aliphatic carbocycles. The molecule has 29 heavy (non-hydrogen) atoms. The van der Waals surface area contributed by atoms with Gasteiger partial charge in [0, 0.05) is 18.7 Å². The van der Waals surface area contributed by atoms with E-state index in [1.807, 2.05) is 42.5 Å². The molecule has 0 unspecified atom stereocenters. The molecule has 0 aromatic heterocycles. The lowest BCUT2D eigenvalue weighted by molar-refractivity contribution is 0.104. The number of aliphatic hydroxyl groups excluding tert-OH is 1. The number of para-hydroxylation sites is 2. The van der Waals surface area contributed by atoms with Crippen molar-refractivity contribution in [1.29, 1.82) is 0 Å². The van der Waals surface area contributed by atoms with Crippen LogP contribution in [0.2, 0.25) is 0 Å². The van der Waals surface area contributed by atoms with E-state index in [9.17, 15) is 5.11 Å². The highest BCUT2D eigenvalue weighted by Gasteiger charge is 2.20. The van der Waals surface area contributed by atoms with Gasteiger partial charge in [0.15, 0.2) is 11.5 Å². The number of hydrogen-bond donors (Lipinski definition) is 2. The largest absolute Gasteiger partial charge is 0.497 e. The topological polar surface area (TPSA) is 69.2 Å². The highest BCUT2D eigenvalue weighted by molar-refractivity contribution is 5.44. The van der Waals surface area contributed by atoms with Crippen LogP contribution < -0.4 is 24.3 Å². The van der Waals surface area contributed by atoms with Crippen LogP contribution >= 0.6 is 0 Å². The van der Waals surface area contributed by atoms with Gasteiger partial charge in [-0.25, -0.2) is 0 Å². The number of aliphatic hydroxyl groups is 1. The minimum absolute atomic E-state index is 0.0943. The first-order valence-corrected chi connectivity index (χ1v) is 9.81. The summed E-state index contributed by atoms with van der Waals surface area (Å²) < 4.78 is 22.2. The van der Waals surface area contributed by atoms with Crippen molar-refractivity contribution >= 4 is 0 Å². The smallest absolute Gasteiger partial charge is 0.161 e. The molecule has 2 aromatic carbocycles. The number of rotatable bonds is 11. The minimum Gasteiger partial charge on any atom is -0.497 e. The summed E-state index contributed by atoms with van der Waals surface area (Å²) in [4.78, 5) is 0. The van der Waals surface area contributed by atoms with Crippen LogP contribution in [-0.4, -0.2) is 51.7 Å². The number of methoxy groups -OCH3 is 2.